The van der Waals surface area contributed by atoms with E-state index >= 15 is 0 Å². The minimum atomic E-state index is -0.880. The lowest BCUT2D eigenvalue weighted by molar-refractivity contribution is -0.160. The molecule has 0 saturated carbocycles. The van der Waals surface area contributed by atoms with E-state index < -0.39 is 23.7 Å². The number of esters is 1. The van der Waals surface area contributed by atoms with Gasteiger partial charge in [-0.2, -0.15) is 0 Å². The van der Waals surface area contributed by atoms with E-state index in [2.05, 4.69) is 29.2 Å². The van der Waals surface area contributed by atoms with Crippen molar-refractivity contribution >= 4 is 12.1 Å². The van der Waals surface area contributed by atoms with Gasteiger partial charge in [-0.25, -0.2) is 14.6 Å². The van der Waals surface area contributed by atoms with Gasteiger partial charge in [-0.3, -0.25) is 4.90 Å². The molecule has 3 aromatic rings. The van der Waals surface area contributed by atoms with Crippen molar-refractivity contribution in [2.45, 2.75) is 44.8 Å². The molecule has 0 radical (unpaired) electrons. The molecule has 0 N–H and O–H groups in total. The Hall–Kier alpha value is -3.87. The van der Waals surface area contributed by atoms with E-state index in [0.717, 1.165) is 27.8 Å². The summed E-state index contributed by atoms with van der Waals surface area (Å²) in [6.07, 6.45) is 1.27. The van der Waals surface area contributed by atoms with Gasteiger partial charge in [0.15, 0.2) is 0 Å². The molecular weight excluding hydrogens is 456 g/mol. The smallest absolute Gasteiger partial charge is 0.410 e. The second-order valence-electron chi connectivity index (χ2n) is 9.88. The lowest BCUT2D eigenvalue weighted by atomic mass is 9.98. The summed E-state index contributed by atoms with van der Waals surface area (Å²) in [6, 6.07) is 19.0. The van der Waals surface area contributed by atoms with Crippen molar-refractivity contribution in [3.63, 3.8) is 0 Å². The van der Waals surface area contributed by atoms with Crippen molar-refractivity contribution in [3.8, 4) is 17.0 Å². The fourth-order valence-electron chi connectivity index (χ4n) is 4.45. The van der Waals surface area contributed by atoms with Gasteiger partial charge in [-0.1, -0.05) is 54.6 Å². The number of aromatic nitrogens is 1. The van der Waals surface area contributed by atoms with Crippen LogP contribution in [0.3, 0.4) is 0 Å². The predicted molar refractivity (Wildman–Crippen MR) is 137 cm³/mol. The van der Waals surface area contributed by atoms with Crippen molar-refractivity contribution in [3.05, 3.63) is 83.6 Å². The fourth-order valence-corrected chi connectivity index (χ4v) is 4.45. The summed E-state index contributed by atoms with van der Waals surface area (Å²) in [5.74, 6) is -0.104. The Kier molecular flexibility index (Phi) is 7.29. The molecule has 2 aromatic carbocycles. The van der Waals surface area contributed by atoms with Crippen LogP contribution in [0.25, 0.3) is 11.1 Å². The number of likely N-dealkylation sites (N-methyl/N-ethyl adjacent to an activating group) is 1. The number of nitrogens with zero attached hydrogens (tertiary/aromatic N) is 2. The normalized spacial score (nSPS) is 13.4. The third-order valence-electron chi connectivity index (χ3n) is 6.21. The SMILES string of the molecule is COc1ccc(CC(C(=O)OC(C)(C)C)N(C)C(=O)OCC2c3ccccc3-c3ccccc32)cn1. The maximum absolute atomic E-state index is 13.2. The van der Waals surface area contributed by atoms with Crippen LogP contribution in [0.2, 0.25) is 0 Å². The van der Waals surface area contributed by atoms with Crippen molar-refractivity contribution in [2.24, 2.45) is 0 Å². The number of ether oxygens (including phenoxy) is 3. The molecule has 0 spiro atoms. The van der Waals surface area contributed by atoms with Gasteiger partial charge in [0.2, 0.25) is 5.88 Å². The molecule has 1 unspecified atom stereocenters. The molecule has 0 fully saturated rings. The van der Waals surface area contributed by atoms with E-state index in [1.807, 2.05) is 30.3 Å². The lowest BCUT2D eigenvalue weighted by Gasteiger charge is -2.30. The number of methoxy groups -OCH3 is 1. The minimum Gasteiger partial charge on any atom is -0.481 e. The van der Waals surface area contributed by atoms with Crippen LogP contribution in [0.1, 0.15) is 43.4 Å². The summed E-state index contributed by atoms with van der Waals surface area (Å²) < 4.78 is 16.5. The van der Waals surface area contributed by atoms with Crippen molar-refractivity contribution in [2.75, 3.05) is 20.8 Å². The fraction of sp³-hybridized carbons (Fsp3) is 0.345. The highest BCUT2D eigenvalue weighted by Gasteiger charge is 2.34. The highest BCUT2D eigenvalue weighted by Crippen LogP contribution is 2.44. The number of carbonyl (C=O) groups excluding carboxylic acids is 2. The maximum Gasteiger partial charge on any atom is 0.410 e. The molecular formula is C29H32N2O5. The molecule has 4 rings (SSSR count). The van der Waals surface area contributed by atoms with Crippen LogP contribution in [0.15, 0.2) is 66.9 Å². The minimum absolute atomic E-state index is 0.0690. The maximum atomic E-state index is 13.2. The molecule has 0 bridgehead atoms. The number of pyridine rings is 1. The number of benzene rings is 2. The first kappa shape index (κ1) is 25.2. The van der Waals surface area contributed by atoms with Crippen LogP contribution >= 0.6 is 0 Å². The highest BCUT2D eigenvalue weighted by atomic mass is 16.6. The number of amides is 1. The van der Waals surface area contributed by atoms with Gasteiger partial charge in [0.05, 0.1) is 7.11 Å². The van der Waals surface area contributed by atoms with Gasteiger partial charge < -0.3 is 14.2 Å². The molecule has 1 atom stereocenters. The molecule has 1 aromatic heterocycles. The first-order valence-corrected chi connectivity index (χ1v) is 12.0. The van der Waals surface area contributed by atoms with Gasteiger partial charge >= 0.3 is 12.1 Å². The summed E-state index contributed by atoms with van der Waals surface area (Å²) in [7, 11) is 3.10. The number of rotatable bonds is 7. The average Bonchev–Trinajstić information content (AvgIpc) is 3.18. The first-order valence-electron chi connectivity index (χ1n) is 12.0. The third kappa shape index (κ3) is 5.51. The van der Waals surface area contributed by atoms with E-state index in [-0.39, 0.29) is 18.9 Å². The molecule has 188 valence electrons. The Morgan fingerprint density at radius 3 is 2.11 bits per heavy atom. The van der Waals surface area contributed by atoms with Crippen LogP contribution in [0.4, 0.5) is 4.79 Å². The summed E-state index contributed by atoms with van der Waals surface area (Å²) in [5, 5.41) is 0. The molecule has 36 heavy (non-hydrogen) atoms. The monoisotopic (exact) mass is 488 g/mol. The zero-order valence-electron chi connectivity index (χ0n) is 21.4. The summed E-state index contributed by atoms with van der Waals surface area (Å²) in [5.41, 5.74) is 4.63. The van der Waals surface area contributed by atoms with Crippen molar-refractivity contribution in [1.82, 2.24) is 9.88 Å². The van der Waals surface area contributed by atoms with Crippen molar-refractivity contribution in [1.29, 1.82) is 0 Å². The lowest BCUT2D eigenvalue weighted by Crippen LogP contribution is -2.47. The summed E-state index contributed by atoms with van der Waals surface area (Å²) in [4.78, 5) is 31.8. The van der Waals surface area contributed by atoms with Gasteiger partial charge in [-0.05, 0) is 48.6 Å². The third-order valence-corrected chi connectivity index (χ3v) is 6.21. The number of hydrogen-bond acceptors (Lipinski definition) is 6. The number of carbonyl (C=O) groups is 2. The van der Waals surface area contributed by atoms with E-state index in [1.165, 1.54) is 12.0 Å². The molecule has 0 aliphatic heterocycles. The molecule has 1 amide bonds. The standard InChI is InChI=1S/C29H32N2O5/c1-29(2,3)36-27(32)25(16-19-14-15-26(34-5)30-17-19)31(4)28(33)35-18-24-22-12-8-6-10-20(22)21-11-7-9-13-23(21)24/h6-15,17,24-25H,16,18H2,1-5H3. The first-order chi connectivity index (χ1) is 17.2. The topological polar surface area (TPSA) is 78.0 Å². The molecule has 7 nitrogen and oxygen atoms in total. The largest absolute Gasteiger partial charge is 0.481 e. The Morgan fingerprint density at radius 1 is 0.972 bits per heavy atom. The Bertz CT molecular complexity index is 1190. The van der Waals surface area contributed by atoms with Gasteiger partial charge in [0, 0.05) is 31.6 Å². The zero-order valence-corrected chi connectivity index (χ0v) is 21.4. The number of hydrogen-bond donors (Lipinski definition) is 0. The average molecular weight is 489 g/mol. The van der Waals surface area contributed by atoms with Gasteiger partial charge in [0.25, 0.3) is 0 Å². The molecule has 7 heteroatoms. The van der Waals surface area contributed by atoms with Crippen LogP contribution < -0.4 is 4.74 Å². The Balaban J connectivity index is 1.51. The molecule has 0 saturated heterocycles. The Morgan fingerprint density at radius 2 is 1.58 bits per heavy atom. The second-order valence-corrected chi connectivity index (χ2v) is 9.88. The zero-order chi connectivity index (χ0) is 25.9. The highest BCUT2D eigenvalue weighted by molar-refractivity contribution is 5.82. The van der Waals surface area contributed by atoms with Gasteiger partial charge in [0.1, 0.15) is 18.2 Å². The predicted octanol–water partition coefficient (Wildman–Crippen LogP) is 5.22. The molecule has 1 heterocycles. The van der Waals surface area contributed by atoms with Gasteiger partial charge in [-0.15, -0.1) is 0 Å². The van der Waals surface area contributed by atoms with E-state index in [4.69, 9.17) is 14.2 Å². The quantitative estimate of drug-likeness (QED) is 0.424. The molecule has 1 aliphatic rings. The number of fused-ring (bicyclic) bond motifs is 3. The summed E-state index contributed by atoms with van der Waals surface area (Å²) in [6.45, 7) is 5.56. The van der Waals surface area contributed by atoms with E-state index in [9.17, 15) is 9.59 Å². The van der Waals surface area contributed by atoms with Crippen LogP contribution in [-0.4, -0.2) is 54.4 Å². The Labute approximate surface area is 212 Å². The molecule has 1 aliphatic carbocycles. The second kappa shape index (κ2) is 10.4. The van der Waals surface area contributed by atoms with E-state index in [0.29, 0.717) is 5.88 Å². The van der Waals surface area contributed by atoms with Crippen molar-refractivity contribution < 1.29 is 23.8 Å². The summed E-state index contributed by atoms with van der Waals surface area (Å²) >= 11 is 0. The van der Waals surface area contributed by atoms with Crippen LogP contribution in [0.5, 0.6) is 5.88 Å². The van der Waals surface area contributed by atoms with Crippen LogP contribution in [0, 0.1) is 0 Å². The van der Waals surface area contributed by atoms with E-state index in [1.54, 1.807) is 40.1 Å². The van der Waals surface area contributed by atoms with Crippen LogP contribution in [-0.2, 0) is 20.7 Å².